The summed E-state index contributed by atoms with van der Waals surface area (Å²) in [7, 11) is 1.57. The Morgan fingerprint density at radius 3 is 2.71 bits per heavy atom. The zero-order valence-corrected chi connectivity index (χ0v) is 12.6. The van der Waals surface area contributed by atoms with Crippen LogP contribution in [-0.2, 0) is 9.53 Å². The van der Waals surface area contributed by atoms with Crippen LogP contribution in [0.4, 0.5) is 10.5 Å². The molecule has 0 unspecified atom stereocenters. The Balaban J connectivity index is 2.05. The van der Waals surface area contributed by atoms with Gasteiger partial charge in [-0.25, -0.2) is 4.79 Å². The molecule has 0 bridgehead atoms. The Morgan fingerprint density at radius 1 is 1.38 bits per heavy atom. The summed E-state index contributed by atoms with van der Waals surface area (Å²) in [6.07, 6.45) is -0.536. The molecular formula is C15H20N2O4. The highest BCUT2D eigenvalue weighted by Crippen LogP contribution is 2.34. The third-order valence-electron chi connectivity index (χ3n) is 3.06. The maximum absolute atomic E-state index is 12.0. The summed E-state index contributed by atoms with van der Waals surface area (Å²) in [6.45, 7) is 5.54. The van der Waals surface area contributed by atoms with Gasteiger partial charge in [0.25, 0.3) is 0 Å². The van der Waals surface area contributed by atoms with E-state index < -0.39 is 17.6 Å². The van der Waals surface area contributed by atoms with Crippen LogP contribution in [0.25, 0.3) is 0 Å². The zero-order chi connectivity index (χ0) is 15.6. The molecule has 2 N–H and O–H groups in total. The Labute approximate surface area is 123 Å². The molecule has 1 heterocycles. The van der Waals surface area contributed by atoms with E-state index in [9.17, 15) is 9.59 Å². The van der Waals surface area contributed by atoms with Crippen molar-refractivity contribution in [1.82, 2.24) is 5.32 Å². The van der Waals surface area contributed by atoms with Gasteiger partial charge < -0.3 is 20.1 Å². The van der Waals surface area contributed by atoms with Crippen molar-refractivity contribution < 1.29 is 19.1 Å². The molecule has 1 atom stereocenters. The lowest BCUT2D eigenvalue weighted by Gasteiger charge is -2.20. The van der Waals surface area contributed by atoms with Crippen molar-refractivity contribution in [2.24, 2.45) is 0 Å². The fraction of sp³-hybridized carbons (Fsp3) is 0.467. The summed E-state index contributed by atoms with van der Waals surface area (Å²) < 4.78 is 10.3. The van der Waals surface area contributed by atoms with Crippen LogP contribution in [0.5, 0.6) is 5.75 Å². The van der Waals surface area contributed by atoms with E-state index in [0.29, 0.717) is 5.75 Å². The van der Waals surface area contributed by atoms with Crippen molar-refractivity contribution in [3.05, 3.63) is 23.8 Å². The van der Waals surface area contributed by atoms with Crippen LogP contribution in [0, 0.1) is 0 Å². The molecule has 0 radical (unpaired) electrons. The average Bonchev–Trinajstić information content (AvgIpc) is 2.69. The van der Waals surface area contributed by atoms with E-state index in [1.54, 1.807) is 46.1 Å². The van der Waals surface area contributed by atoms with Gasteiger partial charge in [0.1, 0.15) is 11.4 Å². The minimum atomic E-state index is -0.566. The van der Waals surface area contributed by atoms with Crippen LogP contribution in [0.3, 0.4) is 0 Å². The summed E-state index contributed by atoms with van der Waals surface area (Å²) in [6, 6.07) is 5.37. The van der Waals surface area contributed by atoms with Crippen LogP contribution in [0.1, 0.15) is 32.3 Å². The highest BCUT2D eigenvalue weighted by molar-refractivity contribution is 6.03. The lowest BCUT2D eigenvalue weighted by molar-refractivity contribution is -0.116. The first-order chi connectivity index (χ1) is 9.80. The number of fused-ring (bicyclic) bond motifs is 1. The quantitative estimate of drug-likeness (QED) is 0.896. The second-order valence-electron chi connectivity index (χ2n) is 5.88. The number of carbonyl (C=O) groups is 2. The number of ether oxygens (including phenoxy) is 2. The molecule has 0 aromatic heterocycles. The molecule has 0 aliphatic carbocycles. The van der Waals surface area contributed by atoms with Crippen molar-refractivity contribution in [3.8, 4) is 5.75 Å². The van der Waals surface area contributed by atoms with Gasteiger partial charge in [-0.3, -0.25) is 4.79 Å². The molecule has 1 aromatic rings. The van der Waals surface area contributed by atoms with Gasteiger partial charge >= 0.3 is 6.09 Å². The summed E-state index contributed by atoms with van der Waals surface area (Å²) in [5, 5.41) is 5.41. The van der Waals surface area contributed by atoms with Crippen LogP contribution in [0.15, 0.2) is 18.2 Å². The number of anilines is 1. The summed E-state index contributed by atoms with van der Waals surface area (Å²) in [5.41, 5.74) is 0.996. The molecule has 0 saturated carbocycles. The van der Waals surface area contributed by atoms with Crippen molar-refractivity contribution >= 4 is 17.7 Å². The second-order valence-corrected chi connectivity index (χ2v) is 5.88. The van der Waals surface area contributed by atoms with Crippen molar-refractivity contribution in [1.29, 1.82) is 0 Å². The Hall–Kier alpha value is -2.24. The van der Waals surface area contributed by atoms with E-state index in [0.717, 1.165) is 11.3 Å². The Bertz CT molecular complexity index is 563. The first-order valence-electron chi connectivity index (χ1n) is 6.76. The monoisotopic (exact) mass is 292 g/mol. The van der Waals surface area contributed by atoms with Gasteiger partial charge in [-0.05, 0) is 44.5 Å². The number of alkyl carbamates (subject to hydrolysis) is 1. The lowest BCUT2D eigenvalue weighted by atomic mass is 10.0. The molecule has 6 nitrogen and oxygen atoms in total. The maximum Gasteiger partial charge on any atom is 0.407 e. The number of nitrogens with one attached hydrogen (secondary N) is 2. The van der Waals surface area contributed by atoms with E-state index in [1.807, 2.05) is 0 Å². The number of rotatable bonds is 3. The predicted molar refractivity (Wildman–Crippen MR) is 78.6 cm³/mol. The minimum Gasteiger partial charge on any atom is -0.497 e. The Morgan fingerprint density at radius 2 is 2.10 bits per heavy atom. The standard InChI is InChI=1S/C15H20N2O4/c1-15(2,3)21-14(19)16-8-11-10-7-9(20-4)5-6-12(10)17-13(11)18/h5-7,11H,8H2,1-4H3,(H,16,19)(H,17,18)/t11-/m1/s1. The largest absolute Gasteiger partial charge is 0.497 e. The minimum absolute atomic E-state index is 0.144. The first-order valence-corrected chi connectivity index (χ1v) is 6.76. The van der Waals surface area contributed by atoms with Gasteiger partial charge in [-0.2, -0.15) is 0 Å². The molecule has 2 rings (SSSR count). The molecule has 0 spiro atoms. The van der Waals surface area contributed by atoms with Gasteiger partial charge in [0, 0.05) is 12.2 Å². The van der Waals surface area contributed by atoms with Crippen LogP contribution < -0.4 is 15.4 Å². The van der Waals surface area contributed by atoms with Gasteiger partial charge in [0.15, 0.2) is 0 Å². The molecule has 1 aromatic carbocycles. The van der Waals surface area contributed by atoms with E-state index >= 15 is 0 Å². The highest BCUT2D eigenvalue weighted by Gasteiger charge is 2.31. The van der Waals surface area contributed by atoms with Crippen molar-refractivity contribution in [2.45, 2.75) is 32.3 Å². The van der Waals surface area contributed by atoms with Crippen LogP contribution in [0.2, 0.25) is 0 Å². The number of benzene rings is 1. The fourth-order valence-electron chi connectivity index (χ4n) is 2.13. The van der Waals surface area contributed by atoms with E-state index in [2.05, 4.69) is 10.6 Å². The second kappa shape index (κ2) is 5.63. The molecule has 21 heavy (non-hydrogen) atoms. The predicted octanol–water partition coefficient (Wildman–Crippen LogP) is 2.26. The highest BCUT2D eigenvalue weighted by atomic mass is 16.6. The molecule has 114 valence electrons. The van der Waals surface area contributed by atoms with Gasteiger partial charge in [-0.15, -0.1) is 0 Å². The smallest absolute Gasteiger partial charge is 0.407 e. The topological polar surface area (TPSA) is 76.7 Å². The molecule has 2 amide bonds. The maximum atomic E-state index is 12.0. The van der Waals surface area contributed by atoms with Crippen LogP contribution in [-0.4, -0.2) is 31.3 Å². The summed E-state index contributed by atoms with van der Waals surface area (Å²) >= 11 is 0. The third kappa shape index (κ3) is 3.65. The number of hydrogen-bond acceptors (Lipinski definition) is 4. The summed E-state index contributed by atoms with van der Waals surface area (Å²) in [5.74, 6) is 0.0875. The van der Waals surface area contributed by atoms with Crippen LogP contribution >= 0.6 is 0 Å². The SMILES string of the molecule is COc1ccc2c(c1)[C@@H](CNC(=O)OC(C)(C)C)C(=O)N2. The number of amides is 2. The lowest BCUT2D eigenvalue weighted by Crippen LogP contribution is -2.36. The van der Waals surface area contributed by atoms with E-state index in [1.165, 1.54) is 0 Å². The van der Waals surface area contributed by atoms with Gasteiger partial charge in [0.05, 0.1) is 13.0 Å². The average molecular weight is 292 g/mol. The third-order valence-corrected chi connectivity index (χ3v) is 3.06. The number of carbonyl (C=O) groups excluding carboxylic acids is 2. The molecule has 1 aliphatic rings. The number of methoxy groups -OCH3 is 1. The van der Waals surface area contributed by atoms with E-state index in [4.69, 9.17) is 9.47 Å². The first kappa shape index (κ1) is 15.2. The molecule has 6 heteroatoms. The van der Waals surface area contributed by atoms with E-state index in [-0.39, 0.29) is 12.5 Å². The molecule has 1 aliphatic heterocycles. The Kier molecular flexibility index (Phi) is 4.06. The van der Waals surface area contributed by atoms with Gasteiger partial charge in [0.2, 0.25) is 5.91 Å². The summed E-state index contributed by atoms with van der Waals surface area (Å²) in [4.78, 5) is 23.7. The molecule has 0 saturated heterocycles. The van der Waals surface area contributed by atoms with Crippen molar-refractivity contribution in [3.63, 3.8) is 0 Å². The fourth-order valence-corrected chi connectivity index (χ4v) is 2.13. The number of hydrogen-bond donors (Lipinski definition) is 2. The molecular weight excluding hydrogens is 272 g/mol. The van der Waals surface area contributed by atoms with Crippen molar-refractivity contribution in [2.75, 3.05) is 19.0 Å². The normalized spacial score (nSPS) is 17.0. The molecule has 0 fully saturated rings. The van der Waals surface area contributed by atoms with Gasteiger partial charge in [-0.1, -0.05) is 0 Å². The zero-order valence-electron chi connectivity index (χ0n) is 12.6.